The van der Waals surface area contributed by atoms with Crippen molar-refractivity contribution in [2.24, 2.45) is 0 Å². The van der Waals surface area contributed by atoms with Crippen LogP contribution in [0.1, 0.15) is 36.5 Å². The molecule has 1 fully saturated rings. The van der Waals surface area contributed by atoms with Gasteiger partial charge in [-0.3, -0.25) is 9.59 Å². The van der Waals surface area contributed by atoms with E-state index in [1.54, 1.807) is 36.0 Å². The van der Waals surface area contributed by atoms with E-state index in [0.29, 0.717) is 22.8 Å². The molecule has 0 aromatic heterocycles. The largest absolute Gasteiger partial charge is 0.451 e. The van der Waals surface area contributed by atoms with Gasteiger partial charge in [0, 0.05) is 16.6 Å². The van der Waals surface area contributed by atoms with Crippen LogP contribution in [0.25, 0.3) is 0 Å². The fourth-order valence-corrected chi connectivity index (χ4v) is 2.78. The van der Waals surface area contributed by atoms with Crippen LogP contribution in [0, 0.1) is 0 Å². The molecule has 0 spiro atoms. The first-order chi connectivity index (χ1) is 12.4. The lowest BCUT2D eigenvalue weighted by molar-refractivity contribution is -0.156. The molecule has 8 heteroatoms. The molecule has 1 aromatic carbocycles. The average Bonchev–Trinajstić information content (AvgIpc) is 3.42. The minimum absolute atomic E-state index is 0.195. The topological polar surface area (TPSA) is 84.5 Å². The molecule has 0 aliphatic heterocycles. The Bertz CT molecular complexity index is 649. The van der Waals surface area contributed by atoms with E-state index in [1.165, 1.54) is 6.92 Å². The summed E-state index contributed by atoms with van der Waals surface area (Å²) in [6, 6.07) is 5.76. The lowest BCUT2D eigenvalue weighted by atomic mass is 10.1. The zero-order chi connectivity index (χ0) is 19.1. The minimum Gasteiger partial charge on any atom is -0.451 e. The van der Waals surface area contributed by atoms with Gasteiger partial charge in [0.1, 0.15) is 6.04 Å². The smallest absolute Gasteiger partial charge is 0.329 e. The van der Waals surface area contributed by atoms with Gasteiger partial charge in [0.05, 0.1) is 0 Å². The van der Waals surface area contributed by atoms with Crippen LogP contribution in [0.4, 0.5) is 0 Å². The number of hydrogen-bond donors (Lipinski definition) is 2. The van der Waals surface area contributed by atoms with Crippen LogP contribution in [0.2, 0.25) is 5.02 Å². The van der Waals surface area contributed by atoms with Crippen LogP contribution < -0.4 is 10.6 Å². The number of ether oxygens (including phenoxy) is 1. The van der Waals surface area contributed by atoms with Crippen LogP contribution in [-0.2, 0) is 14.3 Å². The lowest BCUT2D eigenvalue weighted by Gasteiger charge is -2.20. The Hall–Kier alpha value is -1.73. The molecule has 0 heterocycles. The summed E-state index contributed by atoms with van der Waals surface area (Å²) in [6.07, 6.45) is 3.35. The molecule has 26 heavy (non-hydrogen) atoms. The number of halogens is 1. The number of thioether (sulfide) groups is 1. The van der Waals surface area contributed by atoms with Crippen molar-refractivity contribution in [1.82, 2.24) is 10.6 Å². The monoisotopic (exact) mass is 398 g/mol. The molecule has 1 saturated carbocycles. The van der Waals surface area contributed by atoms with E-state index in [9.17, 15) is 14.4 Å². The summed E-state index contributed by atoms with van der Waals surface area (Å²) in [5.74, 6) is -0.642. The third-order valence-electron chi connectivity index (χ3n) is 3.89. The summed E-state index contributed by atoms with van der Waals surface area (Å²) in [4.78, 5) is 36.7. The first-order valence-electron chi connectivity index (χ1n) is 8.47. The maximum atomic E-state index is 12.4. The molecule has 2 amide bonds. The van der Waals surface area contributed by atoms with Gasteiger partial charge in [-0.15, -0.1) is 0 Å². The van der Waals surface area contributed by atoms with Gasteiger partial charge in [-0.1, -0.05) is 11.6 Å². The quantitative estimate of drug-likeness (QED) is 0.624. The average molecular weight is 399 g/mol. The summed E-state index contributed by atoms with van der Waals surface area (Å²) in [7, 11) is 0. The zero-order valence-electron chi connectivity index (χ0n) is 14.8. The van der Waals surface area contributed by atoms with Gasteiger partial charge < -0.3 is 15.4 Å². The molecular formula is C18H23ClN2O4S. The standard InChI is InChI=1S/C18H23ClN2O4S/c1-11(16(22)20-14-7-8-14)25-18(24)15(9-10-26-2)21-17(23)12-3-5-13(19)6-4-12/h3-6,11,14-15H,7-10H2,1-2H3,(H,20,22)(H,21,23)/t11-,15+/m0/s1. The second-order valence-corrected chi connectivity index (χ2v) is 7.60. The molecule has 142 valence electrons. The van der Waals surface area contributed by atoms with E-state index in [2.05, 4.69) is 10.6 Å². The molecular weight excluding hydrogens is 376 g/mol. The number of carbonyl (C=O) groups is 3. The third kappa shape index (κ3) is 6.53. The van der Waals surface area contributed by atoms with Crippen molar-refractivity contribution in [3.63, 3.8) is 0 Å². The second kappa shape index (κ2) is 9.83. The van der Waals surface area contributed by atoms with Crippen LogP contribution in [0.3, 0.4) is 0 Å². The van der Waals surface area contributed by atoms with Gasteiger partial charge >= 0.3 is 5.97 Å². The summed E-state index contributed by atoms with van der Waals surface area (Å²) < 4.78 is 5.26. The summed E-state index contributed by atoms with van der Waals surface area (Å²) in [5, 5.41) is 6.00. The maximum Gasteiger partial charge on any atom is 0.329 e. The highest BCUT2D eigenvalue weighted by Crippen LogP contribution is 2.19. The van der Waals surface area contributed by atoms with E-state index >= 15 is 0 Å². The number of benzene rings is 1. The van der Waals surface area contributed by atoms with Crippen molar-refractivity contribution in [3.05, 3.63) is 34.9 Å². The van der Waals surface area contributed by atoms with E-state index in [4.69, 9.17) is 16.3 Å². The highest BCUT2D eigenvalue weighted by atomic mass is 35.5. The van der Waals surface area contributed by atoms with E-state index < -0.39 is 18.1 Å². The van der Waals surface area contributed by atoms with Crippen molar-refractivity contribution in [2.45, 2.75) is 44.4 Å². The Balaban J connectivity index is 1.95. The Morgan fingerprint density at radius 3 is 2.50 bits per heavy atom. The van der Waals surface area contributed by atoms with Crippen molar-refractivity contribution in [3.8, 4) is 0 Å². The molecule has 1 aliphatic carbocycles. The van der Waals surface area contributed by atoms with E-state index in [-0.39, 0.29) is 17.9 Å². The SMILES string of the molecule is CSCC[C@@H](NC(=O)c1ccc(Cl)cc1)C(=O)O[C@@H](C)C(=O)NC1CC1. The Morgan fingerprint density at radius 1 is 1.27 bits per heavy atom. The molecule has 0 unspecified atom stereocenters. The van der Waals surface area contributed by atoms with Crippen LogP contribution in [0.15, 0.2) is 24.3 Å². The first-order valence-corrected chi connectivity index (χ1v) is 10.2. The molecule has 1 aliphatic rings. The molecule has 2 N–H and O–H groups in total. The number of rotatable bonds is 9. The number of esters is 1. The van der Waals surface area contributed by atoms with Gasteiger partial charge in [-0.05, 0) is 62.5 Å². The van der Waals surface area contributed by atoms with E-state index in [0.717, 1.165) is 12.8 Å². The highest BCUT2D eigenvalue weighted by Gasteiger charge is 2.29. The third-order valence-corrected chi connectivity index (χ3v) is 4.79. The van der Waals surface area contributed by atoms with Gasteiger partial charge in [0.15, 0.2) is 6.10 Å². The summed E-state index contributed by atoms with van der Waals surface area (Å²) >= 11 is 7.38. The minimum atomic E-state index is -0.896. The first kappa shape index (κ1) is 20.6. The summed E-state index contributed by atoms with van der Waals surface area (Å²) in [5.41, 5.74) is 0.399. The number of hydrogen-bond acceptors (Lipinski definition) is 5. The predicted octanol–water partition coefficient (Wildman–Crippen LogP) is 2.40. The zero-order valence-corrected chi connectivity index (χ0v) is 16.4. The van der Waals surface area contributed by atoms with Crippen molar-refractivity contribution >= 4 is 41.1 Å². The molecule has 2 atom stereocenters. The molecule has 0 bridgehead atoms. The van der Waals surface area contributed by atoms with Gasteiger partial charge in [0.25, 0.3) is 11.8 Å². The lowest BCUT2D eigenvalue weighted by Crippen LogP contribution is -2.45. The van der Waals surface area contributed by atoms with Crippen LogP contribution >= 0.6 is 23.4 Å². The van der Waals surface area contributed by atoms with Crippen molar-refractivity contribution < 1.29 is 19.1 Å². The van der Waals surface area contributed by atoms with Gasteiger partial charge in [-0.25, -0.2) is 4.79 Å². The number of carbonyl (C=O) groups excluding carboxylic acids is 3. The fourth-order valence-electron chi connectivity index (χ4n) is 2.18. The van der Waals surface area contributed by atoms with Gasteiger partial charge in [0.2, 0.25) is 0 Å². The summed E-state index contributed by atoms with van der Waals surface area (Å²) in [6.45, 7) is 1.53. The van der Waals surface area contributed by atoms with Crippen molar-refractivity contribution in [1.29, 1.82) is 0 Å². The molecule has 2 rings (SSSR count). The highest BCUT2D eigenvalue weighted by molar-refractivity contribution is 7.98. The molecule has 0 radical (unpaired) electrons. The molecule has 0 saturated heterocycles. The molecule has 6 nitrogen and oxygen atoms in total. The normalized spacial score (nSPS) is 15.7. The van der Waals surface area contributed by atoms with E-state index in [1.807, 2.05) is 6.26 Å². The maximum absolute atomic E-state index is 12.4. The predicted molar refractivity (Wildman–Crippen MR) is 102 cm³/mol. The van der Waals surface area contributed by atoms with Crippen LogP contribution in [0.5, 0.6) is 0 Å². The fraction of sp³-hybridized carbons (Fsp3) is 0.500. The number of amides is 2. The molecule has 1 aromatic rings. The Labute approximate surface area is 162 Å². The Kier molecular flexibility index (Phi) is 7.78. The number of nitrogens with one attached hydrogen (secondary N) is 2. The van der Waals surface area contributed by atoms with Gasteiger partial charge in [-0.2, -0.15) is 11.8 Å². The van der Waals surface area contributed by atoms with Crippen LogP contribution in [-0.4, -0.2) is 48.0 Å². The van der Waals surface area contributed by atoms with Crippen molar-refractivity contribution in [2.75, 3.05) is 12.0 Å². The second-order valence-electron chi connectivity index (χ2n) is 6.18. The Morgan fingerprint density at radius 2 is 1.92 bits per heavy atom.